The van der Waals surface area contributed by atoms with Gasteiger partial charge in [0.15, 0.2) is 5.58 Å². The van der Waals surface area contributed by atoms with E-state index in [0.29, 0.717) is 22.6 Å². The minimum atomic E-state index is -3.85. The fourth-order valence-electron chi connectivity index (χ4n) is 3.76. The number of anilines is 4. The first-order chi connectivity index (χ1) is 15.9. The molecule has 1 saturated heterocycles. The fraction of sp³-hybridized carbons (Fsp3) is 0.227. The topological polar surface area (TPSA) is 133 Å². The molecule has 5 rings (SSSR count). The van der Waals surface area contributed by atoms with Crippen molar-refractivity contribution in [2.75, 3.05) is 28.0 Å². The largest absolute Gasteiger partial charge is 0.417 e. The van der Waals surface area contributed by atoms with Crippen LogP contribution in [0.3, 0.4) is 0 Å². The molecule has 0 radical (unpaired) electrons. The summed E-state index contributed by atoms with van der Waals surface area (Å²) in [5.41, 5.74) is 2.64. The third kappa shape index (κ3) is 4.53. The molecule has 3 N–H and O–H groups in total. The van der Waals surface area contributed by atoms with Crippen molar-refractivity contribution < 1.29 is 12.8 Å². The van der Waals surface area contributed by atoms with E-state index in [-0.39, 0.29) is 4.90 Å². The van der Waals surface area contributed by atoms with Crippen molar-refractivity contribution in [1.29, 1.82) is 0 Å². The van der Waals surface area contributed by atoms with Gasteiger partial charge in [0.05, 0.1) is 10.4 Å². The van der Waals surface area contributed by atoms with Crippen LogP contribution in [0.5, 0.6) is 0 Å². The predicted molar refractivity (Wildman–Crippen MR) is 126 cm³/mol. The molecule has 11 heteroatoms. The number of fused-ring (bicyclic) bond motifs is 1. The first-order valence-corrected chi connectivity index (χ1v) is 12.0. The van der Waals surface area contributed by atoms with Gasteiger partial charge in [-0.05, 0) is 62.2 Å². The lowest BCUT2D eigenvalue weighted by Crippen LogP contribution is -2.21. The van der Waals surface area contributed by atoms with E-state index in [1.54, 1.807) is 24.3 Å². The normalized spacial score (nSPS) is 14.0. The number of hydrogen-bond donors (Lipinski definition) is 3. The molecule has 0 bridgehead atoms. The van der Waals surface area contributed by atoms with E-state index in [2.05, 4.69) is 29.9 Å². The van der Waals surface area contributed by atoms with Crippen LogP contribution < -0.4 is 20.7 Å². The van der Waals surface area contributed by atoms with E-state index >= 15 is 0 Å². The second-order valence-corrected chi connectivity index (χ2v) is 9.55. The molecule has 1 aliphatic rings. The Balaban J connectivity index is 1.31. The summed E-state index contributed by atoms with van der Waals surface area (Å²) in [5.74, 6) is 0.762. The summed E-state index contributed by atoms with van der Waals surface area (Å²) in [6.07, 6.45) is 2.29. The molecule has 10 nitrogen and oxygen atoms in total. The molecule has 4 aromatic rings. The molecular weight excluding hydrogens is 444 g/mol. The van der Waals surface area contributed by atoms with Gasteiger partial charge in [-0.3, -0.25) is 9.71 Å². The molecule has 33 heavy (non-hydrogen) atoms. The van der Waals surface area contributed by atoms with Gasteiger partial charge in [-0.1, -0.05) is 0 Å². The lowest BCUT2D eigenvalue weighted by atomic mass is 10.3. The highest BCUT2D eigenvalue weighted by molar-refractivity contribution is 7.92. The Kier molecular flexibility index (Phi) is 5.25. The van der Waals surface area contributed by atoms with Crippen LogP contribution in [0.2, 0.25) is 0 Å². The molecule has 0 aliphatic carbocycles. The summed E-state index contributed by atoms with van der Waals surface area (Å²) < 4.78 is 33.0. The van der Waals surface area contributed by atoms with Crippen molar-refractivity contribution in [2.24, 2.45) is 0 Å². The summed E-state index contributed by atoms with van der Waals surface area (Å²) in [4.78, 5) is 25.1. The highest BCUT2D eigenvalue weighted by Gasteiger charge is 2.17. The van der Waals surface area contributed by atoms with Gasteiger partial charge in [0.25, 0.3) is 10.0 Å². The molecule has 0 saturated carbocycles. The number of sulfonamides is 1. The van der Waals surface area contributed by atoms with E-state index in [0.717, 1.165) is 43.3 Å². The number of aromatic nitrogens is 3. The third-order valence-corrected chi connectivity index (χ3v) is 6.72. The Morgan fingerprint density at radius 2 is 1.73 bits per heavy atom. The van der Waals surface area contributed by atoms with Gasteiger partial charge in [0.1, 0.15) is 5.82 Å². The maximum atomic E-state index is 12.8. The number of hydrogen-bond acceptors (Lipinski definition) is 8. The molecule has 0 unspecified atom stereocenters. The number of nitrogens with one attached hydrogen (secondary N) is 3. The maximum absolute atomic E-state index is 12.8. The Bertz CT molecular complexity index is 1470. The number of benzene rings is 2. The summed E-state index contributed by atoms with van der Waals surface area (Å²) in [5, 5.41) is 3.25. The fourth-order valence-corrected chi connectivity index (χ4v) is 4.84. The van der Waals surface area contributed by atoms with Crippen LogP contribution in [0.1, 0.15) is 18.5 Å². The van der Waals surface area contributed by atoms with Crippen molar-refractivity contribution >= 4 is 44.3 Å². The monoisotopic (exact) mass is 466 g/mol. The van der Waals surface area contributed by atoms with E-state index in [4.69, 9.17) is 4.42 Å². The molecule has 2 aromatic heterocycles. The van der Waals surface area contributed by atoms with Gasteiger partial charge in [0, 0.05) is 36.2 Å². The number of nitrogens with zero attached hydrogens (tertiary/aromatic N) is 3. The predicted octanol–water partition coefficient (Wildman–Crippen LogP) is 3.36. The first kappa shape index (κ1) is 21.0. The average Bonchev–Trinajstić information content (AvgIpc) is 3.43. The highest BCUT2D eigenvalue weighted by Crippen LogP contribution is 2.24. The molecule has 3 heterocycles. The molecule has 2 aromatic carbocycles. The molecule has 1 aliphatic heterocycles. The van der Waals surface area contributed by atoms with E-state index in [9.17, 15) is 13.2 Å². The third-order valence-electron chi connectivity index (χ3n) is 5.34. The van der Waals surface area contributed by atoms with Crippen LogP contribution in [0.25, 0.3) is 11.1 Å². The summed E-state index contributed by atoms with van der Waals surface area (Å²) in [7, 11) is -3.85. The standard InChI is InChI=1S/C22H22N6O4S/c1-14-12-20(26-21(23-14)28-10-2-3-11-28)24-15-4-6-16(7-5-15)27-33(30,31)17-8-9-19-18(13-17)25-22(29)32-19/h4-9,12-13,27H,2-3,10-11H2,1H3,(H,25,29)(H,23,24,26). The van der Waals surface area contributed by atoms with Crippen LogP contribution >= 0.6 is 0 Å². The van der Waals surface area contributed by atoms with E-state index in [1.807, 2.05) is 13.0 Å². The number of aryl methyl sites for hydroxylation is 1. The quantitative estimate of drug-likeness (QED) is 0.394. The lowest BCUT2D eigenvalue weighted by Gasteiger charge is -2.17. The minimum Gasteiger partial charge on any atom is -0.408 e. The van der Waals surface area contributed by atoms with Gasteiger partial charge in [-0.15, -0.1) is 0 Å². The SMILES string of the molecule is Cc1cc(Nc2ccc(NS(=O)(=O)c3ccc4oc(=O)[nH]c4c3)cc2)nc(N2CCCC2)n1. The zero-order chi connectivity index (χ0) is 23.0. The molecular formula is C22H22N6O4S. The van der Waals surface area contributed by atoms with Gasteiger partial charge >= 0.3 is 5.76 Å². The second-order valence-electron chi connectivity index (χ2n) is 7.87. The van der Waals surface area contributed by atoms with Crippen LogP contribution in [0.15, 0.2) is 62.6 Å². The summed E-state index contributed by atoms with van der Waals surface area (Å²) in [6.45, 7) is 3.85. The van der Waals surface area contributed by atoms with E-state index in [1.165, 1.54) is 18.2 Å². The number of H-pyrrole nitrogens is 1. The Labute approximate surface area is 189 Å². The Hall–Kier alpha value is -3.86. The minimum absolute atomic E-state index is 0.0140. The average molecular weight is 467 g/mol. The van der Waals surface area contributed by atoms with Crippen molar-refractivity contribution in [3.05, 3.63) is 64.8 Å². The van der Waals surface area contributed by atoms with Crippen molar-refractivity contribution in [1.82, 2.24) is 15.0 Å². The molecule has 1 fully saturated rings. The maximum Gasteiger partial charge on any atom is 0.417 e. The van der Waals surface area contributed by atoms with Crippen molar-refractivity contribution in [2.45, 2.75) is 24.7 Å². The molecule has 170 valence electrons. The summed E-state index contributed by atoms with van der Waals surface area (Å²) >= 11 is 0. The first-order valence-electron chi connectivity index (χ1n) is 10.5. The molecule has 0 atom stereocenters. The van der Waals surface area contributed by atoms with Gasteiger partial charge < -0.3 is 14.6 Å². The van der Waals surface area contributed by atoms with Gasteiger partial charge in [-0.25, -0.2) is 18.2 Å². The van der Waals surface area contributed by atoms with Gasteiger partial charge in [0.2, 0.25) is 5.95 Å². The van der Waals surface area contributed by atoms with Crippen LogP contribution in [-0.2, 0) is 10.0 Å². The lowest BCUT2D eigenvalue weighted by molar-refractivity contribution is 0.555. The summed E-state index contributed by atoms with van der Waals surface area (Å²) in [6, 6.07) is 12.9. The number of aromatic amines is 1. The van der Waals surface area contributed by atoms with Crippen LogP contribution in [-0.4, -0.2) is 36.5 Å². The Morgan fingerprint density at radius 3 is 2.48 bits per heavy atom. The van der Waals surface area contributed by atoms with E-state index < -0.39 is 15.8 Å². The molecule has 0 amide bonds. The zero-order valence-electron chi connectivity index (χ0n) is 17.8. The van der Waals surface area contributed by atoms with Crippen LogP contribution in [0.4, 0.5) is 23.1 Å². The second kappa shape index (κ2) is 8.24. The zero-order valence-corrected chi connectivity index (χ0v) is 18.6. The Morgan fingerprint density at radius 1 is 1.00 bits per heavy atom. The number of rotatable bonds is 6. The van der Waals surface area contributed by atoms with Crippen molar-refractivity contribution in [3.63, 3.8) is 0 Å². The van der Waals surface area contributed by atoms with Crippen molar-refractivity contribution in [3.8, 4) is 0 Å². The molecule has 0 spiro atoms. The number of oxazole rings is 1. The highest BCUT2D eigenvalue weighted by atomic mass is 32.2. The smallest absolute Gasteiger partial charge is 0.408 e. The van der Waals surface area contributed by atoms with Crippen LogP contribution in [0, 0.1) is 6.92 Å². The van der Waals surface area contributed by atoms with Gasteiger partial charge in [-0.2, -0.15) is 4.98 Å².